The first-order valence-electron chi connectivity index (χ1n) is 9.69. The Labute approximate surface area is 147 Å². The molecule has 0 bridgehead atoms. The smallest absolute Gasteiger partial charge is 0.317 e. The van der Waals surface area contributed by atoms with Crippen LogP contribution < -0.4 is 16.0 Å². The van der Waals surface area contributed by atoms with Gasteiger partial charge in [0.25, 0.3) is 0 Å². The molecule has 1 aliphatic rings. The summed E-state index contributed by atoms with van der Waals surface area (Å²) in [4.78, 5) is 13.5. The monoisotopic (exact) mass is 342 g/mol. The molecule has 0 saturated carbocycles. The van der Waals surface area contributed by atoms with E-state index in [2.05, 4.69) is 48.5 Å². The minimum Gasteiger partial charge on any atom is -0.480 e. The molecule has 0 amide bonds. The summed E-state index contributed by atoms with van der Waals surface area (Å²) in [6.07, 6.45) is 4.13. The second kappa shape index (κ2) is 11.8. The van der Waals surface area contributed by atoms with Gasteiger partial charge in [0, 0.05) is 50.3 Å². The molecule has 0 spiro atoms. The van der Waals surface area contributed by atoms with E-state index in [0.717, 1.165) is 51.9 Å². The Hall–Kier alpha value is -0.690. The van der Waals surface area contributed by atoms with Gasteiger partial charge in [0.05, 0.1) is 6.54 Å². The van der Waals surface area contributed by atoms with Crippen LogP contribution in [0, 0.1) is 0 Å². The van der Waals surface area contributed by atoms with Gasteiger partial charge in [-0.05, 0) is 25.7 Å². The largest absolute Gasteiger partial charge is 0.480 e. The first-order chi connectivity index (χ1) is 11.5. The van der Waals surface area contributed by atoms with Gasteiger partial charge in [-0.15, -0.1) is 0 Å². The molecule has 1 aliphatic heterocycles. The zero-order chi connectivity index (χ0) is 17.9. The number of rotatable bonds is 6. The van der Waals surface area contributed by atoms with E-state index in [9.17, 15) is 9.90 Å². The molecule has 24 heavy (non-hydrogen) atoms. The zero-order valence-electron chi connectivity index (χ0n) is 16.0. The van der Waals surface area contributed by atoms with E-state index in [1.54, 1.807) is 0 Å². The molecule has 6 nitrogen and oxygen atoms in total. The number of carbonyl (C=O) groups is 1. The van der Waals surface area contributed by atoms with Crippen molar-refractivity contribution in [3.05, 3.63) is 0 Å². The standard InChI is InChI=1S/C18H38N4O2/c1-5-14-10-20-16(7-3)12-22(13-18(23)24)17(8-4)11-21-15(6-2)9-19-14/h14-17,19-21H,5-13H2,1-4H3,(H,23,24)/t14-,15-,16-,17-/m0/s1. The van der Waals surface area contributed by atoms with E-state index in [0.29, 0.717) is 18.1 Å². The SMILES string of the molecule is CC[C@H]1CN[C@@H](CC)CN(CC(=O)O)[C@@H](CC)CN[C@@H](CC)CN1. The van der Waals surface area contributed by atoms with Gasteiger partial charge < -0.3 is 21.1 Å². The molecule has 0 unspecified atom stereocenters. The summed E-state index contributed by atoms with van der Waals surface area (Å²) in [5, 5.41) is 20.3. The lowest BCUT2D eigenvalue weighted by Gasteiger charge is -2.36. The molecule has 0 aliphatic carbocycles. The van der Waals surface area contributed by atoms with Crippen LogP contribution in [0.5, 0.6) is 0 Å². The van der Waals surface area contributed by atoms with Crippen molar-refractivity contribution in [1.29, 1.82) is 0 Å². The van der Waals surface area contributed by atoms with Gasteiger partial charge in [-0.2, -0.15) is 0 Å². The minimum atomic E-state index is -0.740. The van der Waals surface area contributed by atoms with Crippen molar-refractivity contribution in [2.75, 3.05) is 32.7 Å². The van der Waals surface area contributed by atoms with Crippen LogP contribution in [0.4, 0.5) is 0 Å². The fourth-order valence-electron chi connectivity index (χ4n) is 3.31. The quantitative estimate of drug-likeness (QED) is 0.582. The number of hydrogen-bond acceptors (Lipinski definition) is 5. The minimum absolute atomic E-state index is 0.116. The molecule has 1 heterocycles. The maximum absolute atomic E-state index is 11.3. The molecular formula is C18H38N4O2. The van der Waals surface area contributed by atoms with E-state index in [4.69, 9.17) is 0 Å². The van der Waals surface area contributed by atoms with E-state index in [1.165, 1.54) is 0 Å². The highest BCUT2D eigenvalue weighted by atomic mass is 16.4. The molecule has 0 aromatic heterocycles. The molecule has 142 valence electrons. The van der Waals surface area contributed by atoms with Crippen molar-refractivity contribution >= 4 is 5.97 Å². The summed E-state index contributed by atoms with van der Waals surface area (Å²) in [5.74, 6) is -0.740. The van der Waals surface area contributed by atoms with Crippen LogP contribution in [0.2, 0.25) is 0 Å². The number of nitrogens with one attached hydrogen (secondary N) is 3. The number of aliphatic carboxylic acids is 1. The molecule has 4 atom stereocenters. The molecule has 6 heteroatoms. The zero-order valence-corrected chi connectivity index (χ0v) is 16.0. The summed E-state index contributed by atoms with van der Waals surface area (Å²) in [7, 11) is 0. The van der Waals surface area contributed by atoms with Crippen LogP contribution in [-0.2, 0) is 4.79 Å². The van der Waals surface area contributed by atoms with Crippen LogP contribution in [-0.4, -0.2) is 72.9 Å². The molecule has 0 radical (unpaired) electrons. The third-order valence-electron chi connectivity index (χ3n) is 5.21. The average molecular weight is 343 g/mol. The first-order valence-corrected chi connectivity index (χ1v) is 9.69. The van der Waals surface area contributed by atoms with Crippen molar-refractivity contribution in [3.63, 3.8) is 0 Å². The van der Waals surface area contributed by atoms with Gasteiger partial charge in [0.15, 0.2) is 0 Å². The highest BCUT2D eigenvalue weighted by Crippen LogP contribution is 2.09. The molecule has 1 fully saturated rings. The molecular weight excluding hydrogens is 304 g/mol. The third-order valence-corrected chi connectivity index (χ3v) is 5.21. The summed E-state index contributed by atoms with van der Waals surface area (Å²) < 4.78 is 0. The van der Waals surface area contributed by atoms with Gasteiger partial charge >= 0.3 is 5.97 Å². The molecule has 4 N–H and O–H groups in total. The lowest BCUT2D eigenvalue weighted by atomic mass is 10.1. The van der Waals surface area contributed by atoms with Gasteiger partial charge in [-0.1, -0.05) is 27.7 Å². The number of nitrogens with zero attached hydrogens (tertiary/aromatic N) is 1. The van der Waals surface area contributed by atoms with Crippen LogP contribution in [0.1, 0.15) is 53.4 Å². The summed E-state index contributed by atoms with van der Waals surface area (Å²) in [6.45, 7) is 12.4. The maximum Gasteiger partial charge on any atom is 0.317 e. The fourth-order valence-corrected chi connectivity index (χ4v) is 3.31. The van der Waals surface area contributed by atoms with Crippen molar-refractivity contribution in [3.8, 4) is 0 Å². The Balaban J connectivity index is 2.88. The van der Waals surface area contributed by atoms with Crippen molar-refractivity contribution in [2.24, 2.45) is 0 Å². The average Bonchev–Trinajstić information content (AvgIpc) is 2.56. The molecule has 1 saturated heterocycles. The van der Waals surface area contributed by atoms with Crippen LogP contribution in [0.3, 0.4) is 0 Å². The first kappa shape index (κ1) is 21.4. The fraction of sp³-hybridized carbons (Fsp3) is 0.944. The van der Waals surface area contributed by atoms with Crippen LogP contribution >= 0.6 is 0 Å². The summed E-state index contributed by atoms with van der Waals surface area (Å²) >= 11 is 0. The highest BCUT2D eigenvalue weighted by Gasteiger charge is 2.24. The predicted molar refractivity (Wildman–Crippen MR) is 99.5 cm³/mol. The van der Waals surface area contributed by atoms with Crippen LogP contribution in [0.15, 0.2) is 0 Å². The number of carboxylic acid groups (broad SMARTS) is 1. The van der Waals surface area contributed by atoms with Gasteiger partial charge in [-0.25, -0.2) is 0 Å². The number of carboxylic acids is 1. The molecule has 1 rings (SSSR count). The summed E-state index contributed by atoms with van der Waals surface area (Å²) in [6, 6.07) is 1.48. The van der Waals surface area contributed by atoms with Crippen molar-refractivity contribution in [1.82, 2.24) is 20.9 Å². The molecule has 0 aromatic carbocycles. The Morgan fingerprint density at radius 2 is 1.38 bits per heavy atom. The Morgan fingerprint density at radius 1 is 0.875 bits per heavy atom. The summed E-state index contributed by atoms with van der Waals surface area (Å²) in [5.41, 5.74) is 0. The lowest BCUT2D eigenvalue weighted by molar-refractivity contribution is -0.139. The normalized spacial score (nSPS) is 31.2. The van der Waals surface area contributed by atoms with Gasteiger partial charge in [-0.3, -0.25) is 9.69 Å². The van der Waals surface area contributed by atoms with E-state index in [1.807, 2.05) is 0 Å². The third kappa shape index (κ3) is 7.47. The molecule has 0 aromatic rings. The topological polar surface area (TPSA) is 76.6 Å². The lowest BCUT2D eigenvalue weighted by Crippen LogP contribution is -2.55. The Kier molecular flexibility index (Phi) is 10.5. The van der Waals surface area contributed by atoms with Crippen LogP contribution in [0.25, 0.3) is 0 Å². The van der Waals surface area contributed by atoms with Crippen molar-refractivity contribution < 1.29 is 9.90 Å². The number of hydrogen-bond donors (Lipinski definition) is 4. The second-order valence-corrected chi connectivity index (χ2v) is 6.93. The van der Waals surface area contributed by atoms with Gasteiger partial charge in [0.1, 0.15) is 0 Å². The maximum atomic E-state index is 11.3. The second-order valence-electron chi connectivity index (χ2n) is 6.93. The van der Waals surface area contributed by atoms with Crippen molar-refractivity contribution in [2.45, 2.75) is 77.5 Å². The highest BCUT2D eigenvalue weighted by molar-refractivity contribution is 5.69. The Morgan fingerprint density at radius 3 is 1.83 bits per heavy atom. The van der Waals surface area contributed by atoms with E-state index in [-0.39, 0.29) is 12.6 Å². The Bertz CT molecular complexity index is 354. The van der Waals surface area contributed by atoms with E-state index >= 15 is 0 Å². The van der Waals surface area contributed by atoms with Gasteiger partial charge in [0.2, 0.25) is 0 Å². The predicted octanol–water partition coefficient (Wildman–Crippen LogP) is 1.27. The van der Waals surface area contributed by atoms with E-state index < -0.39 is 5.97 Å².